The van der Waals surface area contributed by atoms with E-state index in [1.807, 2.05) is 12.2 Å². The van der Waals surface area contributed by atoms with E-state index in [4.69, 9.17) is 5.26 Å². The van der Waals surface area contributed by atoms with Crippen molar-refractivity contribution in [3.63, 3.8) is 0 Å². The highest BCUT2D eigenvalue weighted by atomic mass is 19.4. The summed E-state index contributed by atoms with van der Waals surface area (Å²) >= 11 is 0. The van der Waals surface area contributed by atoms with E-state index >= 15 is 0 Å². The van der Waals surface area contributed by atoms with Gasteiger partial charge >= 0.3 is 6.18 Å². The first kappa shape index (κ1) is 23.1. The monoisotopic (exact) mass is 432 g/mol. The maximum absolute atomic E-state index is 13.0. The number of rotatable bonds is 4. The molecule has 1 amide bonds. The molecule has 0 heterocycles. The largest absolute Gasteiger partial charge is 0.421 e. The van der Waals surface area contributed by atoms with E-state index in [-0.39, 0.29) is 17.5 Å². The summed E-state index contributed by atoms with van der Waals surface area (Å²) < 4.78 is 39.0. The van der Waals surface area contributed by atoms with Gasteiger partial charge < -0.3 is 10.0 Å². The van der Waals surface area contributed by atoms with Crippen molar-refractivity contribution >= 4 is 5.91 Å². The lowest BCUT2D eigenvalue weighted by Crippen LogP contribution is -2.40. The third-order valence-corrected chi connectivity index (χ3v) is 6.72. The van der Waals surface area contributed by atoms with Crippen LogP contribution in [0.4, 0.5) is 13.2 Å². The van der Waals surface area contributed by atoms with Crippen LogP contribution in [0.15, 0.2) is 48.1 Å². The van der Waals surface area contributed by atoms with Crippen molar-refractivity contribution in [2.75, 3.05) is 7.05 Å². The Kier molecular flexibility index (Phi) is 6.61. The van der Waals surface area contributed by atoms with Crippen molar-refractivity contribution in [2.45, 2.75) is 56.8 Å². The lowest BCUT2D eigenvalue weighted by molar-refractivity contribution is -0.258. The summed E-state index contributed by atoms with van der Waals surface area (Å²) in [5, 5.41) is 18.7. The fraction of sp³-hybridized carbons (Fsp3) is 0.500. The van der Waals surface area contributed by atoms with E-state index in [1.54, 1.807) is 11.9 Å². The Balaban J connectivity index is 1.58. The van der Waals surface area contributed by atoms with Gasteiger partial charge in [-0.05, 0) is 74.6 Å². The Labute approximate surface area is 180 Å². The number of amides is 1. The molecule has 0 saturated heterocycles. The maximum Gasteiger partial charge on any atom is 0.421 e. The van der Waals surface area contributed by atoms with Crippen LogP contribution in [0, 0.1) is 23.2 Å². The van der Waals surface area contributed by atoms with Gasteiger partial charge in [-0.2, -0.15) is 18.4 Å². The van der Waals surface area contributed by atoms with Crippen LogP contribution >= 0.6 is 0 Å². The number of alkyl halides is 3. The van der Waals surface area contributed by atoms with Gasteiger partial charge in [0.05, 0.1) is 6.07 Å². The molecular formula is C24H27F3N2O2. The Bertz CT molecular complexity index is 902. The second kappa shape index (κ2) is 8.88. The number of hydrogen-bond donors (Lipinski definition) is 1. The van der Waals surface area contributed by atoms with E-state index < -0.39 is 11.8 Å². The van der Waals surface area contributed by atoms with Gasteiger partial charge in [-0.15, -0.1) is 0 Å². The van der Waals surface area contributed by atoms with Gasteiger partial charge in [0.2, 0.25) is 0 Å². The normalized spacial score (nSPS) is 25.8. The van der Waals surface area contributed by atoms with Crippen LogP contribution in [0.25, 0.3) is 0 Å². The summed E-state index contributed by atoms with van der Waals surface area (Å²) in [4.78, 5) is 14.5. The lowest BCUT2D eigenvalue weighted by Gasteiger charge is -2.37. The van der Waals surface area contributed by atoms with Crippen LogP contribution in [-0.2, 0) is 5.60 Å². The number of carbonyl (C=O) groups excluding carboxylic acids is 1. The molecule has 4 nitrogen and oxygen atoms in total. The highest BCUT2D eigenvalue weighted by Gasteiger charge is 2.51. The van der Waals surface area contributed by atoms with Crippen LogP contribution in [0.2, 0.25) is 0 Å². The van der Waals surface area contributed by atoms with E-state index in [1.165, 1.54) is 12.1 Å². The topological polar surface area (TPSA) is 64.3 Å². The summed E-state index contributed by atoms with van der Waals surface area (Å²) in [6, 6.07) is 7.23. The molecule has 3 rings (SSSR count). The maximum atomic E-state index is 13.0. The highest BCUT2D eigenvalue weighted by molar-refractivity contribution is 5.94. The number of benzene rings is 1. The number of aliphatic hydroxyl groups is 1. The zero-order valence-electron chi connectivity index (χ0n) is 17.7. The zero-order valence-corrected chi connectivity index (χ0v) is 17.7. The summed E-state index contributed by atoms with van der Waals surface area (Å²) in [7, 11) is 1.73. The molecule has 1 unspecified atom stereocenters. The van der Waals surface area contributed by atoms with Gasteiger partial charge in [-0.25, -0.2) is 0 Å². The molecule has 0 aliphatic heterocycles. The number of nitriles is 1. The molecule has 31 heavy (non-hydrogen) atoms. The van der Waals surface area contributed by atoms with Gasteiger partial charge in [-0.1, -0.05) is 24.3 Å². The molecule has 2 aliphatic carbocycles. The molecule has 1 aromatic carbocycles. The SMILES string of the molecule is CN(C(=O)c1ccc([C@](C)(O)C(F)(F)F)cc1)C1CCC(C2C=CC(C#N)=CC2)CC1. The Hall–Kier alpha value is -2.59. The summed E-state index contributed by atoms with van der Waals surface area (Å²) in [5.74, 6) is 0.713. The van der Waals surface area contributed by atoms with Crippen LogP contribution in [0.1, 0.15) is 54.9 Å². The third kappa shape index (κ3) is 4.85. The Morgan fingerprint density at radius 3 is 2.26 bits per heavy atom. The minimum Gasteiger partial charge on any atom is -0.376 e. The first-order valence-corrected chi connectivity index (χ1v) is 10.5. The summed E-state index contributed by atoms with van der Waals surface area (Å²) in [5.41, 5.74) is -2.25. The molecular weight excluding hydrogens is 405 g/mol. The summed E-state index contributed by atoms with van der Waals surface area (Å²) in [6.07, 6.45) is 5.77. The lowest BCUT2D eigenvalue weighted by atomic mass is 9.75. The van der Waals surface area contributed by atoms with Crippen LogP contribution in [0.5, 0.6) is 0 Å². The van der Waals surface area contributed by atoms with E-state index in [0.29, 0.717) is 29.9 Å². The van der Waals surface area contributed by atoms with Crippen molar-refractivity contribution in [3.05, 3.63) is 59.2 Å². The Morgan fingerprint density at radius 1 is 1.16 bits per heavy atom. The molecule has 7 heteroatoms. The smallest absolute Gasteiger partial charge is 0.376 e. The summed E-state index contributed by atoms with van der Waals surface area (Å²) in [6.45, 7) is 0.701. The molecule has 1 aromatic rings. The van der Waals surface area contributed by atoms with Crippen molar-refractivity contribution in [1.29, 1.82) is 5.26 Å². The van der Waals surface area contributed by atoms with E-state index in [0.717, 1.165) is 44.2 Å². The van der Waals surface area contributed by atoms with Crippen molar-refractivity contribution < 1.29 is 23.1 Å². The van der Waals surface area contributed by atoms with Crippen LogP contribution in [0.3, 0.4) is 0 Å². The van der Waals surface area contributed by atoms with Crippen molar-refractivity contribution in [1.82, 2.24) is 4.90 Å². The number of hydrogen-bond acceptors (Lipinski definition) is 3. The molecule has 2 aliphatic rings. The number of halogens is 3. The number of allylic oxidation sites excluding steroid dienone is 4. The predicted octanol–water partition coefficient (Wildman–Crippen LogP) is 5.11. The van der Waals surface area contributed by atoms with E-state index in [9.17, 15) is 23.1 Å². The standard InChI is InChI=1S/C24H27F3N2O2/c1-23(31,24(25,26)27)20-11-7-19(8-12-20)22(30)29(2)21-13-9-18(10-14-21)17-5-3-16(15-28)4-6-17/h3-5,7-8,11-12,17-18,21,31H,6,9-10,13-14H2,1-2H3/t17?,18?,21?,23-/m0/s1. The third-order valence-electron chi connectivity index (χ3n) is 6.72. The van der Waals surface area contributed by atoms with Gasteiger partial charge in [-0.3, -0.25) is 4.79 Å². The number of carbonyl (C=O) groups is 1. The molecule has 0 spiro atoms. The molecule has 166 valence electrons. The highest BCUT2D eigenvalue weighted by Crippen LogP contribution is 2.39. The molecule has 2 atom stereocenters. The first-order chi connectivity index (χ1) is 14.5. The van der Waals surface area contributed by atoms with E-state index in [2.05, 4.69) is 12.1 Å². The minimum atomic E-state index is -4.80. The molecule has 0 aromatic heterocycles. The predicted molar refractivity (Wildman–Crippen MR) is 111 cm³/mol. The van der Waals surface area contributed by atoms with Gasteiger partial charge in [0.15, 0.2) is 5.60 Å². The fourth-order valence-corrected chi connectivity index (χ4v) is 4.46. The molecule has 1 fully saturated rings. The number of nitrogens with zero attached hydrogens (tertiary/aromatic N) is 2. The molecule has 1 N–H and O–H groups in total. The second-order valence-electron chi connectivity index (χ2n) is 8.66. The molecule has 0 bridgehead atoms. The minimum absolute atomic E-state index is 0.0829. The fourth-order valence-electron chi connectivity index (χ4n) is 4.46. The Morgan fingerprint density at radius 2 is 1.77 bits per heavy atom. The van der Waals surface area contributed by atoms with Crippen molar-refractivity contribution in [2.24, 2.45) is 11.8 Å². The molecule has 1 saturated carbocycles. The first-order valence-electron chi connectivity index (χ1n) is 10.5. The quantitative estimate of drug-likeness (QED) is 0.719. The molecule has 0 radical (unpaired) electrons. The van der Waals surface area contributed by atoms with Gasteiger partial charge in [0.1, 0.15) is 0 Å². The average Bonchev–Trinajstić information content (AvgIpc) is 2.77. The zero-order chi connectivity index (χ0) is 22.8. The second-order valence-corrected chi connectivity index (χ2v) is 8.66. The van der Waals surface area contributed by atoms with Crippen molar-refractivity contribution in [3.8, 4) is 6.07 Å². The van der Waals surface area contributed by atoms with Crippen LogP contribution < -0.4 is 0 Å². The average molecular weight is 432 g/mol. The van der Waals surface area contributed by atoms with Gasteiger partial charge in [0.25, 0.3) is 5.91 Å². The van der Waals surface area contributed by atoms with Gasteiger partial charge in [0, 0.05) is 24.2 Å². The van der Waals surface area contributed by atoms with Crippen LogP contribution in [-0.4, -0.2) is 35.2 Å².